The van der Waals surface area contributed by atoms with Crippen molar-refractivity contribution in [3.05, 3.63) is 59.9 Å². The summed E-state index contributed by atoms with van der Waals surface area (Å²) < 4.78 is 11.1. The highest BCUT2D eigenvalue weighted by molar-refractivity contribution is 5.97. The zero-order valence-corrected chi connectivity index (χ0v) is 13.8. The van der Waals surface area contributed by atoms with Crippen molar-refractivity contribution in [3.8, 4) is 11.5 Å². The third-order valence-electron chi connectivity index (χ3n) is 4.17. The van der Waals surface area contributed by atoms with Crippen LogP contribution in [0.25, 0.3) is 11.0 Å². The lowest BCUT2D eigenvalue weighted by Gasteiger charge is -2.24. The number of fused-ring (bicyclic) bond motifs is 1. The van der Waals surface area contributed by atoms with Crippen molar-refractivity contribution in [1.29, 1.82) is 0 Å². The number of benzene rings is 2. The van der Waals surface area contributed by atoms with E-state index in [0.29, 0.717) is 17.1 Å². The summed E-state index contributed by atoms with van der Waals surface area (Å²) in [5.74, 6) is 0.882. The molecule has 1 heterocycles. The van der Waals surface area contributed by atoms with Crippen molar-refractivity contribution in [2.45, 2.75) is 13.0 Å². The van der Waals surface area contributed by atoms with Gasteiger partial charge < -0.3 is 19.2 Å². The van der Waals surface area contributed by atoms with Crippen LogP contribution >= 0.6 is 0 Å². The SMILES string of the molecule is COc1ccc(O)cc1C(=O)N(C)C(C)c1cc2ccccc2o1. The van der Waals surface area contributed by atoms with Crippen LogP contribution in [0.1, 0.15) is 29.1 Å². The van der Waals surface area contributed by atoms with Crippen LogP contribution in [-0.4, -0.2) is 30.1 Å². The summed E-state index contributed by atoms with van der Waals surface area (Å²) in [6, 6.07) is 13.8. The summed E-state index contributed by atoms with van der Waals surface area (Å²) in [5.41, 5.74) is 1.10. The first-order chi connectivity index (χ1) is 11.5. The van der Waals surface area contributed by atoms with Gasteiger partial charge in [-0.2, -0.15) is 0 Å². The average molecular weight is 325 g/mol. The van der Waals surface area contributed by atoms with Crippen LogP contribution in [-0.2, 0) is 0 Å². The highest BCUT2D eigenvalue weighted by Gasteiger charge is 2.24. The van der Waals surface area contributed by atoms with Crippen molar-refractivity contribution < 1.29 is 19.1 Å². The van der Waals surface area contributed by atoms with E-state index in [-0.39, 0.29) is 17.7 Å². The van der Waals surface area contributed by atoms with Gasteiger partial charge in [-0.1, -0.05) is 18.2 Å². The molecule has 3 rings (SSSR count). The van der Waals surface area contributed by atoms with Crippen LogP contribution in [0.3, 0.4) is 0 Å². The lowest BCUT2D eigenvalue weighted by atomic mass is 10.1. The van der Waals surface area contributed by atoms with Crippen molar-refractivity contribution in [3.63, 3.8) is 0 Å². The normalized spacial score (nSPS) is 12.1. The Morgan fingerprint density at radius 1 is 1.21 bits per heavy atom. The topological polar surface area (TPSA) is 62.9 Å². The number of nitrogens with zero attached hydrogens (tertiary/aromatic N) is 1. The second-order valence-electron chi connectivity index (χ2n) is 5.66. The number of phenolic OH excluding ortho intramolecular Hbond substituents is 1. The van der Waals surface area contributed by atoms with Gasteiger partial charge in [0, 0.05) is 12.4 Å². The van der Waals surface area contributed by atoms with E-state index >= 15 is 0 Å². The molecule has 24 heavy (non-hydrogen) atoms. The molecule has 5 heteroatoms. The molecule has 0 spiro atoms. The second kappa shape index (κ2) is 6.28. The predicted molar refractivity (Wildman–Crippen MR) is 91.4 cm³/mol. The van der Waals surface area contributed by atoms with Gasteiger partial charge >= 0.3 is 0 Å². The van der Waals surface area contributed by atoms with E-state index in [2.05, 4.69) is 0 Å². The number of ether oxygens (including phenoxy) is 1. The molecule has 1 N–H and O–H groups in total. The Morgan fingerprint density at radius 3 is 2.67 bits per heavy atom. The first-order valence-corrected chi connectivity index (χ1v) is 7.64. The summed E-state index contributed by atoms with van der Waals surface area (Å²) in [4.78, 5) is 14.4. The van der Waals surface area contributed by atoms with Crippen LogP contribution in [0.5, 0.6) is 11.5 Å². The number of methoxy groups -OCH3 is 1. The van der Waals surface area contributed by atoms with Crippen LogP contribution < -0.4 is 4.74 Å². The molecule has 0 fully saturated rings. The molecule has 0 aliphatic heterocycles. The molecule has 3 aromatic rings. The number of phenols is 1. The van der Waals surface area contributed by atoms with E-state index in [1.807, 2.05) is 37.3 Å². The fourth-order valence-electron chi connectivity index (χ4n) is 2.63. The minimum absolute atomic E-state index is 0.0175. The van der Waals surface area contributed by atoms with Crippen molar-refractivity contribution in [1.82, 2.24) is 4.90 Å². The smallest absolute Gasteiger partial charge is 0.258 e. The van der Waals surface area contributed by atoms with Crippen molar-refractivity contribution >= 4 is 16.9 Å². The maximum Gasteiger partial charge on any atom is 0.258 e. The van der Waals surface area contributed by atoms with Gasteiger partial charge in [0.2, 0.25) is 0 Å². The summed E-state index contributed by atoms with van der Waals surface area (Å²) in [6.07, 6.45) is 0. The molecule has 1 amide bonds. The van der Waals surface area contributed by atoms with E-state index in [1.165, 1.54) is 19.2 Å². The fraction of sp³-hybridized carbons (Fsp3) is 0.211. The summed E-state index contributed by atoms with van der Waals surface area (Å²) in [6.45, 7) is 1.89. The van der Waals surface area contributed by atoms with E-state index in [4.69, 9.17) is 9.15 Å². The van der Waals surface area contributed by atoms with Gasteiger partial charge in [0.25, 0.3) is 5.91 Å². The maximum absolute atomic E-state index is 12.8. The third-order valence-corrected chi connectivity index (χ3v) is 4.17. The van der Waals surface area contributed by atoms with Crippen molar-refractivity contribution in [2.75, 3.05) is 14.2 Å². The monoisotopic (exact) mass is 325 g/mol. The molecule has 2 aromatic carbocycles. The molecule has 5 nitrogen and oxygen atoms in total. The van der Waals surface area contributed by atoms with Crippen LogP contribution in [0.2, 0.25) is 0 Å². The zero-order valence-electron chi connectivity index (χ0n) is 13.8. The molecular weight excluding hydrogens is 306 g/mol. The Kier molecular flexibility index (Phi) is 4.16. The summed E-state index contributed by atoms with van der Waals surface area (Å²) in [7, 11) is 3.19. The fourth-order valence-corrected chi connectivity index (χ4v) is 2.63. The first-order valence-electron chi connectivity index (χ1n) is 7.64. The van der Waals surface area contributed by atoms with E-state index in [9.17, 15) is 9.90 Å². The quantitative estimate of drug-likeness (QED) is 0.788. The molecule has 1 atom stereocenters. The number of furan rings is 1. The Morgan fingerprint density at radius 2 is 1.96 bits per heavy atom. The number of hydrogen-bond donors (Lipinski definition) is 1. The van der Waals surface area contributed by atoms with E-state index in [0.717, 1.165) is 11.0 Å². The minimum atomic E-state index is -0.267. The first kappa shape index (κ1) is 15.9. The van der Waals surface area contributed by atoms with Crippen LogP contribution in [0.15, 0.2) is 52.9 Å². The van der Waals surface area contributed by atoms with Gasteiger partial charge in [-0.15, -0.1) is 0 Å². The van der Waals surface area contributed by atoms with Gasteiger partial charge in [0.05, 0.1) is 18.7 Å². The number of hydrogen-bond acceptors (Lipinski definition) is 4. The third kappa shape index (κ3) is 2.80. The number of rotatable bonds is 4. The Balaban J connectivity index is 1.91. The molecule has 0 aliphatic carbocycles. The predicted octanol–water partition coefficient (Wildman–Crippen LogP) is 3.98. The van der Waals surface area contributed by atoms with E-state index in [1.54, 1.807) is 18.0 Å². The number of para-hydroxylation sites is 1. The van der Waals surface area contributed by atoms with E-state index < -0.39 is 0 Å². The lowest BCUT2D eigenvalue weighted by Crippen LogP contribution is -2.29. The molecule has 0 bridgehead atoms. The van der Waals surface area contributed by atoms with Gasteiger partial charge in [0.15, 0.2) is 0 Å². The molecule has 1 aromatic heterocycles. The summed E-state index contributed by atoms with van der Waals surface area (Å²) >= 11 is 0. The molecule has 0 aliphatic rings. The Hall–Kier alpha value is -2.95. The van der Waals surface area contributed by atoms with Gasteiger partial charge in [0.1, 0.15) is 22.8 Å². The molecule has 124 valence electrons. The highest BCUT2D eigenvalue weighted by atomic mass is 16.5. The Labute approximate surface area is 140 Å². The largest absolute Gasteiger partial charge is 0.508 e. The average Bonchev–Trinajstić information content (AvgIpc) is 3.03. The highest BCUT2D eigenvalue weighted by Crippen LogP contribution is 2.30. The van der Waals surface area contributed by atoms with Crippen molar-refractivity contribution in [2.24, 2.45) is 0 Å². The summed E-state index contributed by atoms with van der Waals surface area (Å²) in [5, 5.41) is 10.7. The molecular formula is C19H19NO4. The maximum atomic E-state index is 12.8. The lowest BCUT2D eigenvalue weighted by molar-refractivity contribution is 0.0723. The molecule has 0 saturated carbocycles. The number of carbonyl (C=O) groups excluding carboxylic acids is 1. The molecule has 0 radical (unpaired) electrons. The number of amides is 1. The minimum Gasteiger partial charge on any atom is -0.508 e. The number of aromatic hydroxyl groups is 1. The molecule has 1 unspecified atom stereocenters. The standard InChI is InChI=1S/C19H19NO4/c1-12(18-10-13-6-4-5-7-16(13)24-18)20(2)19(22)15-11-14(21)8-9-17(15)23-3/h4-12,21H,1-3H3. The van der Waals surface area contributed by atoms with Crippen LogP contribution in [0, 0.1) is 0 Å². The Bertz CT molecular complexity index is 851. The van der Waals surface area contributed by atoms with Gasteiger partial charge in [-0.3, -0.25) is 4.79 Å². The number of carbonyl (C=O) groups is 1. The molecule has 0 saturated heterocycles. The zero-order chi connectivity index (χ0) is 17.3. The second-order valence-corrected chi connectivity index (χ2v) is 5.66. The van der Waals surface area contributed by atoms with Gasteiger partial charge in [-0.05, 0) is 37.3 Å². The van der Waals surface area contributed by atoms with Gasteiger partial charge in [-0.25, -0.2) is 0 Å². The van der Waals surface area contributed by atoms with Crippen LogP contribution in [0.4, 0.5) is 0 Å².